The number of benzene rings is 1. The molecular formula is C14H17NOS2. The monoisotopic (exact) mass is 279 g/mol. The molecule has 18 heavy (non-hydrogen) atoms. The van der Waals surface area contributed by atoms with E-state index in [1.807, 2.05) is 25.1 Å². The highest BCUT2D eigenvalue weighted by Gasteiger charge is 2.21. The summed E-state index contributed by atoms with van der Waals surface area (Å²) in [5.74, 6) is 0.906. The summed E-state index contributed by atoms with van der Waals surface area (Å²) < 4.78 is 6.71. The molecule has 2 N–H and O–H groups in total. The molecule has 0 fully saturated rings. The van der Waals surface area contributed by atoms with Gasteiger partial charge in [-0.3, -0.25) is 0 Å². The molecule has 2 nitrogen and oxygen atoms in total. The zero-order chi connectivity index (χ0) is 13.0. The number of thioether (sulfide) groups is 1. The van der Waals surface area contributed by atoms with Gasteiger partial charge in [-0.2, -0.15) is 0 Å². The Kier molecular flexibility index (Phi) is 4.69. The highest BCUT2D eigenvalue weighted by molar-refractivity contribution is 8.01. The third-order valence-corrected chi connectivity index (χ3v) is 5.21. The summed E-state index contributed by atoms with van der Waals surface area (Å²) in [6.07, 6.45) is 0. The minimum Gasteiger partial charge on any atom is -0.496 e. The van der Waals surface area contributed by atoms with Crippen LogP contribution in [0.5, 0.6) is 5.75 Å². The topological polar surface area (TPSA) is 35.2 Å². The fraction of sp³-hybridized carbons (Fsp3) is 0.286. The Bertz CT molecular complexity index is 482. The van der Waals surface area contributed by atoms with Crippen molar-refractivity contribution in [2.75, 3.05) is 7.11 Å². The van der Waals surface area contributed by atoms with Crippen molar-refractivity contribution in [3.8, 4) is 5.75 Å². The van der Waals surface area contributed by atoms with Gasteiger partial charge in [0.2, 0.25) is 0 Å². The molecule has 96 valence electrons. The molecule has 1 heterocycles. The first kappa shape index (κ1) is 13.5. The number of nitrogens with two attached hydrogens (primary N) is 1. The zero-order valence-electron chi connectivity index (χ0n) is 10.5. The van der Waals surface area contributed by atoms with Gasteiger partial charge in [-0.15, -0.1) is 23.1 Å². The van der Waals surface area contributed by atoms with Crippen LogP contribution >= 0.6 is 23.1 Å². The summed E-state index contributed by atoms with van der Waals surface area (Å²) in [6, 6.07) is 12.3. The van der Waals surface area contributed by atoms with Crippen LogP contribution < -0.4 is 10.5 Å². The molecule has 1 aromatic heterocycles. The van der Waals surface area contributed by atoms with E-state index in [0.717, 1.165) is 11.3 Å². The van der Waals surface area contributed by atoms with Gasteiger partial charge in [0.15, 0.2) is 0 Å². The molecule has 4 heteroatoms. The highest BCUT2D eigenvalue weighted by Crippen LogP contribution is 2.42. The Morgan fingerprint density at radius 2 is 2.00 bits per heavy atom. The van der Waals surface area contributed by atoms with E-state index >= 15 is 0 Å². The maximum Gasteiger partial charge on any atom is 0.123 e. The summed E-state index contributed by atoms with van der Waals surface area (Å²) in [6.45, 7) is 2.04. The van der Waals surface area contributed by atoms with Crippen molar-refractivity contribution in [1.29, 1.82) is 0 Å². The van der Waals surface area contributed by atoms with E-state index < -0.39 is 0 Å². The van der Waals surface area contributed by atoms with Gasteiger partial charge in [-0.05, 0) is 24.4 Å². The van der Waals surface area contributed by atoms with E-state index in [4.69, 9.17) is 10.5 Å². The van der Waals surface area contributed by atoms with Crippen LogP contribution in [0.3, 0.4) is 0 Å². The van der Waals surface area contributed by atoms with Gasteiger partial charge in [0.25, 0.3) is 0 Å². The molecule has 0 saturated heterocycles. The van der Waals surface area contributed by atoms with Crippen molar-refractivity contribution in [3.63, 3.8) is 0 Å². The van der Waals surface area contributed by atoms with Crippen molar-refractivity contribution in [3.05, 3.63) is 47.3 Å². The van der Waals surface area contributed by atoms with Gasteiger partial charge >= 0.3 is 0 Å². The predicted molar refractivity (Wildman–Crippen MR) is 79.6 cm³/mol. The second-order valence-electron chi connectivity index (χ2n) is 4.07. The van der Waals surface area contributed by atoms with Gasteiger partial charge in [-0.1, -0.05) is 24.3 Å². The van der Waals surface area contributed by atoms with Crippen LogP contribution in [-0.2, 0) is 0 Å². The Balaban J connectivity index is 2.29. The van der Waals surface area contributed by atoms with E-state index in [0.29, 0.717) is 0 Å². The lowest BCUT2D eigenvalue weighted by molar-refractivity contribution is 0.408. The van der Waals surface area contributed by atoms with Crippen LogP contribution in [0.15, 0.2) is 46.0 Å². The number of para-hydroxylation sites is 1. The molecule has 0 aliphatic carbocycles. The Morgan fingerprint density at radius 1 is 1.22 bits per heavy atom. The van der Waals surface area contributed by atoms with Gasteiger partial charge in [0.1, 0.15) is 5.75 Å². The van der Waals surface area contributed by atoms with Crippen LogP contribution in [0.25, 0.3) is 0 Å². The molecule has 1 aromatic carbocycles. The van der Waals surface area contributed by atoms with E-state index in [1.54, 1.807) is 30.2 Å². The lowest BCUT2D eigenvalue weighted by atomic mass is 10.1. The molecule has 2 aromatic rings. The maximum atomic E-state index is 6.14. The standard InChI is InChI=1S/C14H17NOS2/c1-10(15)14(18-13-8-5-9-17-13)11-6-3-4-7-12(11)16-2/h3-10,14H,15H2,1-2H3. The fourth-order valence-electron chi connectivity index (χ4n) is 1.81. The summed E-state index contributed by atoms with van der Waals surface area (Å²) >= 11 is 3.54. The number of thiophene rings is 1. The lowest BCUT2D eigenvalue weighted by Gasteiger charge is -2.22. The molecule has 0 saturated carbocycles. The van der Waals surface area contributed by atoms with Crippen molar-refractivity contribution < 1.29 is 4.74 Å². The van der Waals surface area contributed by atoms with Gasteiger partial charge in [-0.25, -0.2) is 0 Å². The lowest BCUT2D eigenvalue weighted by Crippen LogP contribution is -2.22. The zero-order valence-corrected chi connectivity index (χ0v) is 12.1. The largest absolute Gasteiger partial charge is 0.496 e. The second kappa shape index (κ2) is 6.27. The molecule has 0 radical (unpaired) electrons. The van der Waals surface area contributed by atoms with Gasteiger partial charge in [0.05, 0.1) is 16.6 Å². The molecule has 0 aliphatic heterocycles. The van der Waals surface area contributed by atoms with Gasteiger partial charge in [0, 0.05) is 11.6 Å². The molecule has 2 atom stereocenters. The molecule has 0 aliphatic rings. The first-order valence-electron chi connectivity index (χ1n) is 5.81. The van der Waals surface area contributed by atoms with Crippen molar-refractivity contribution in [2.45, 2.75) is 22.4 Å². The van der Waals surface area contributed by atoms with E-state index in [1.165, 1.54) is 4.21 Å². The second-order valence-corrected chi connectivity index (χ2v) is 6.46. The molecule has 0 spiro atoms. The van der Waals surface area contributed by atoms with Crippen LogP contribution in [0, 0.1) is 0 Å². The number of ether oxygens (including phenoxy) is 1. The number of methoxy groups -OCH3 is 1. The number of rotatable bonds is 5. The third kappa shape index (κ3) is 3.07. The molecular weight excluding hydrogens is 262 g/mol. The van der Waals surface area contributed by atoms with E-state index in [-0.39, 0.29) is 11.3 Å². The Labute approximate surface area is 116 Å². The molecule has 2 rings (SSSR count). The SMILES string of the molecule is COc1ccccc1C(Sc1cccs1)C(C)N. The summed E-state index contributed by atoms with van der Waals surface area (Å²) in [7, 11) is 1.70. The summed E-state index contributed by atoms with van der Waals surface area (Å²) in [5, 5.41) is 2.29. The van der Waals surface area contributed by atoms with Crippen molar-refractivity contribution in [1.82, 2.24) is 0 Å². The maximum absolute atomic E-state index is 6.14. The average Bonchev–Trinajstić information content (AvgIpc) is 2.88. The Morgan fingerprint density at radius 3 is 2.61 bits per heavy atom. The van der Waals surface area contributed by atoms with Crippen molar-refractivity contribution in [2.24, 2.45) is 5.73 Å². The first-order valence-corrected chi connectivity index (χ1v) is 7.57. The van der Waals surface area contributed by atoms with E-state index in [9.17, 15) is 0 Å². The Hall–Kier alpha value is -0.970. The number of hydrogen-bond donors (Lipinski definition) is 1. The molecule has 0 amide bonds. The smallest absolute Gasteiger partial charge is 0.123 e. The minimum atomic E-state index is 0.0633. The number of hydrogen-bond acceptors (Lipinski definition) is 4. The predicted octanol–water partition coefficient (Wildman–Crippen LogP) is 3.94. The van der Waals surface area contributed by atoms with Gasteiger partial charge < -0.3 is 10.5 Å². The summed E-state index contributed by atoms with van der Waals surface area (Å²) in [4.78, 5) is 0. The highest BCUT2D eigenvalue weighted by atomic mass is 32.2. The average molecular weight is 279 g/mol. The molecule has 0 bridgehead atoms. The van der Waals surface area contributed by atoms with E-state index in [2.05, 4.69) is 23.6 Å². The van der Waals surface area contributed by atoms with Crippen LogP contribution in [0.1, 0.15) is 17.7 Å². The fourth-order valence-corrected chi connectivity index (χ4v) is 3.90. The summed E-state index contributed by atoms with van der Waals surface area (Å²) in [5.41, 5.74) is 7.30. The van der Waals surface area contributed by atoms with Crippen LogP contribution in [0.4, 0.5) is 0 Å². The first-order chi connectivity index (χ1) is 8.72. The quantitative estimate of drug-likeness (QED) is 0.842. The normalized spacial score (nSPS) is 14.2. The molecule has 2 unspecified atom stereocenters. The van der Waals surface area contributed by atoms with Crippen LogP contribution in [0.2, 0.25) is 0 Å². The minimum absolute atomic E-state index is 0.0633. The third-order valence-electron chi connectivity index (χ3n) is 2.66. The van der Waals surface area contributed by atoms with Crippen LogP contribution in [-0.4, -0.2) is 13.2 Å². The van der Waals surface area contributed by atoms with Crippen molar-refractivity contribution >= 4 is 23.1 Å².